The number of hydrogen-bond donors (Lipinski definition) is 0. The maximum Gasteiger partial charge on any atom is 0.462 e. The number of alkyl halides is 8. The van der Waals surface area contributed by atoms with Gasteiger partial charge in [0.2, 0.25) is 6.86 Å². The van der Waals surface area contributed by atoms with E-state index < -0.39 is 25.1 Å². The summed E-state index contributed by atoms with van der Waals surface area (Å²) in [4.78, 5) is 4.97. The van der Waals surface area contributed by atoms with Crippen LogP contribution in [0.25, 0.3) is 0 Å². The molecule has 10 heteroatoms. The molecule has 0 aromatic heterocycles. The normalized spacial score (nSPS) is 14.6. The molecule has 0 N–H and O–H groups in total. The zero-order valence-electron chi connectivity index (χ0n) is 6.05. The van der Waals surface area contributed by atoms with E-state index in [9.17, 15) is 35.1 Å². The first kappa shape index (κ1) is 13.4. The van der Waals surface area contributed by atoms with Gasteiger partial charge in [-0.3, -0.25) is 0 Å². The molecular formula is C4H2F8O2. The van der Waals surface area contributed by atoms with E-state index in [0.29, 0.717) is 0 Å². The lowest BCUT2D eigenvalue weighted by molar-refractivity contribution is -0.519. The summed E-state index contributed by atoms with van der Waals surface area (Å²) in [7, 11) is 0. The van der Waals surface area contributed by atoms with Gasteiger partial charge < -0.3 is 0 Å². The number of rotatable bonds is 4. The Morgan fingerprint density at radius 1 is 0.857 bits per heavy atom. The molecule has 0 aliphatic carbocycles. The van der Waals surface area contributed by atoms with Crippen molar-refractivity contribution in [3.63, 3.8) is 0 Å². The molecule has 0 rings (SSSR count). The second kappa shape index (κ2) is 3.85. The van der Waals surface area contributed by atoms with Gasteiger partial charge in [-0.2, -0.15) is 40.5 Å². The van der Waals surface area contributed by atoms with Crippen molar-refractivity contribution in [1.82, 2.24) is 0 Å². The Morgan fingerprint density at radius 2 is 1.29 bits per heavy atom. The summed E-state index contributed by atoms with van der Waals surface area (Å²) in [5.41, 5.74) is 0. The third-order valence-corrected chi connectivity index (χ3v) is 0.930. The van der Waals surface area contributed by atoms with Crippen molar-refractivity contribution in [3.8, 4) is 0 Å². The van der Waals surface area contributed by atoms with Gasteiger partial charge in [0.05, 0.1) is 0 Å². The summed E-state index contributed by atoms with van der Waals surface area (Å²) < 4.78 is 92.4. The second-order valence-corrected chi connectivity index (χ2v) is 1.90. The van der Waals surface area contributed by atoms with Crippen LogP contribution >= 0.6 is 0 Å². The summed E-state index contributed by atoms with van der Waals surface area (Å²) in [6.07, 6.45) is -12.5. The molecule has 0 aliphatic rings. The van der Waals surface area contributed by atoms with E-state index in [1.54, 1.807) is 0 Å². The van der Waals surface area contributed by atoms with E-state index in [4.69, 9.17) is 0 Å². The van der Waals surface area contributed by atoms with Crippen molar-refractivity contribution >= 4 is 0 Å². The van der Waals surface area contributed by atoms with Gasteiger partial charge in [0, 0.05) is 0 Å². The Hall–Kier alpha value is -0.640. The molecule has 86 valence electrons. The molecular weight excluding hydrogens is 232 g/mol. The molecule has 0 unspecified atom stereocenters. The van der Waals surface area contributed by atoms with Gasteiger partial charge in [-0.05, 0) is 0 Å². The van der Waals surface area contributed by atoms with Crippen molar-refractivity contribution in [2.75, 3.05) is 6.86 Å². The Kier molecular flexibility index (Phi) is 3.67. The largest absolute Gasteiger partial charge is 0.462 e. The highest BCUT2D eigenvalue weighted by Gasteiger charge is 2.75. The van der Waals surface area contributed by atoms with Crippen molar-refractivity contribution in [3.05, 3.63) is 0 Å². The molecule has 0 amide bonds. The van der Waals surface area contributed by atoms with Gasteiger partial charge in [0.1, 0.15) is 0 Å². The Balaban J connectivity index is 4.69. The van der Waals surface area contributed by atoms with Crippen molar-refractivity contribution < 1.29 is 44.9 Å². The van der Waals surface area contributed by atoms with Crippen LogP contribution in [0.5, 0.6) is 0 Å². The quantitative estimate of drug-likeness (QED) is 0.423. The van der Waals surface area contributed by atoms with Crippen LogP contribution in [0, 0.1) is 0 Å². The third kappa shape index (κ3) is 2.44. The molecule has 0 heterocycles. The minimum absolute atomic E-state index is 2.09. The zero-order valence-corrected chi connectivity index (χ0v) is 6.05. The second-order valence-electron chi connectivity index (χ2n) is 1.90. The van der Waals surface area contributed by atoms with Crippen LogP contribution in [0.2, 0.25) is 0 Å². The van der Waals surface area contributed by atoms with Gasteiger partial charge in [-0.15, -0.1) is 0 Å². The van der Waals surface area contributed by atoms with E-state index in [1.807, 2.05) is 0 Å². The van der Waals surface area contributed by atoms with E-state index in [2.05, 4.69) is 9.78 Å². The van der Waals surface area contributed by atoms with Crippen molar-refractivity contribution in [2.45, 2.75) is 18.2 Å². The van der Waals surface area contributed by atoms with Gasteiger partial charge in [0.15, 0.2) is 0 Å². The number of halogens is 8. The van der Waals surface area contributed by atoms with Crippen molar-refractivity contribution in [2.24, 2.45) is 0 Å². The van der Waals surface area contributed by atoms with Gasteiger partial charge in [0.25, 0.3) is 0 Å². The average Bonchev–Trinajstić information content (AvgIpc) is 1.98. The predicted octanol–water partition coefficient (Wildman–Crippen LogP) is 2.65. The maximum absolute atomic E-state index is 11.9. The Bertz CT molecular complexity index is 186. The van der Waals surface area contributed by atoms with Gasteiger partial charge >= 0.3 is 18.2 Å². The lowest BCUT2D eigenvalue weighted by atomic mass is 10.3. The van der Waals surface area contributed by atoms with Crippen LogP contribution in [0.1, 0.15) is 0 Å². The molecule has 14 heavy (non-hydrogen) atoms. The highest BCUT2D eigenvalue weighted by atomic mass is 19.4. The molecule has 0 aliphatic heterocycles. The first-order chi connectivity index (χ1) is 6.06. The molecule has 0 radical (unpaired) electrons. The fourth-order valence-corrected chi connectivity index (χ4v) is 0.314. The standard InChI is InChI=1S/C4H2F8O2/c5-1-13-14-4(11,12)2(6,7)3(8,9)10/h1H2. The molecule has 0 fully saturated rings. The van der Waals surface area contributed by atoms with E-state index in [1.165, 1.54) is 0 Å². The van der Waals surface area contributed by atoms with Crippen LogP contribution < -0.4 is 0 Å². The minimum Gasteiger partial charge on any atom is -0.217 e. The van der Waals surface area contributed by atoms with E-state index in [-0.39, 0.29) is 0 Å². The molecule has 0 saturated carbocycles. The topological polar surface area (TPSA) is 18.5 Å². The predicted molar refractivity (Wildman–Crippen MR) is 24.1 cm³/mol. The van der Waals surface area contributed by atoms with Crippen LogP contribution in [-0.2, 0) is 9.78 Å². The summed E-state index contributed by atoms with van der Waals surface area (Å²) in [5, 5.41) is 0. The molecule has 0 aromatic carbocycles. The molecule has 2 nitrogen and oxygen atoms in total. The fourth-order valence-electron chi connectivity index (χ4n) is 0.314. The maximum atomic E-state index is 11.9. The van der Waals surface area contributed by atoms with Gasteiger partial charge in [-0.25, -0.2) is 4.39 Å². The molecule has 0 spiro atoms. The highest BCUT2D eigenvalue weighted by molar-refractivity contribution is 4.83. The zero-order chi connectivity index (χ0) is 11.6. The molecule has 0 aromatic rings. The highest BCUT2D eigenvalue weighted by Crippen LogP contribution is 2.46. The van der Waals surface area contributed by atoms with Crippen LogP contribution in [0.15, 0.2) is 0 Å². The fraction of sp³-hybridized carbons (Fsp3) is 1.00. The smallest absolute Gasteiger partial charge is 0.217 e. The van der Waals surface area contributed by atoms with Crippen LogP contribution in [0.3, 0.4) is 0 Å². The first-order valence-electron chi connectivity index (χ1n) is 2.75. The SMILES string of the molecule is FCOOC(F)(F)C(F)(F)C(F)(F)F. The Labute approximate surface area is 71.3 Å². The number of hydrogen-bond acceptors (Lipinski definition) is 2. The summed E-state index contributed by atoms with van der Waals surface area (Å²) >= 11 is 0. The Morgan fingerprint density at radius 3 is 1.57 bits per heavy atom. The van der Waals surface area contributed by atoms with E-state index in [0.717, 1.165) is 0 Å². The molecule has 0 saturated heterocycles. The third-order valence-electron chi connectivity index (χ3n) is 0.930. The molecule has 0 atom stereocenters. The summed E-state index contributed by atoms with van der Waals surface area (Å²) in [5.74, 6) is -6.46. The van der Waals surface area contributed by atoms with Crippen LogP contribution in [-0.4, -0.2) is 25.1 Å². The summed E-state index contributed by atoms with van der Waals surface area (Å²) in [6.45, 7) is -2.09. The van der Waals surface area contributed by atoms with Gasteiger partial charge in [-0.1, -0.05) is 0 Å². The lowest BCUT2D eigenvalue weighted by Gasteiger charge is -2.25. The average molecular weight is 234 g/mol. The molecule has 0 bridgehead atoms. The monoisotopic (exact) mass is 234 g/mol. The minimum atomic E-state index is -6.53. The first-order valence-corrected chi connectivity index (χ1v) is 2.75. The van der Waals surface area contributed by atoms with Crippen molar-refractivity contribution in [1.29, 1.82) is 0 Å². The van der Waals surface area contributed by atoms with E-state index >= 15 is 0 Å². The summed E-state index contributed by atoms with van der Waals surface area (Å²) in [6, 6.07) is 0. The lowest BCUT2D eigenvalue weighted by Crippen LogP contribution is -2.53. The van der Waals surface area contributed by atoms with Crippen LogP contribution in [0.4, 0.5) is 35.1 Å².